The number of hydrogen-bond acceptors (Lipinski definition) is 2. The fraction of sp³-hybridized carbons (Fsp3) is 0.222. The second kappa shape index (κ2) is 7.48. The van der Waals surface area contributed by atoms with Crippen LogP contribution in [-0.2, 0) is 6.54 Å². The van der Waals surface area contributed by atoms with Crippen molar-refractivity contribution in [2.24, 2.45) is 0 Å². The van der Waals surface area contributed by atoms with Crippen LogP contribution in [0.3, 0.4) is 0 Å². The Kier molecular flexibility index (Phi) is 8.28. The SMILES string of the molecule is CNCc1cnc2ccccn12.Cl.Cl.O. The molecule has 3 N–H and O–H groups in total. The number of halogens is 2. The molecule has 2 aromatic rings. The number of nitrogens with zero attached hydrogens (tertiary/aromatic N) is 2. The van der Waals surface area contributed by atoms with Crippen LogP contribution in [0.15, 0.2) is 30.6 Å². The summed E-state index contributed by atoms with van der Waals surface area (Å²) in [7, 11) is 1.93. The quantitative estimate of drug-likeness (QED) is 0.869. The van der Waals surface area contributed by atoms with E-state index >= 15 is 0 Å². The van der Waals surface area contributed by atoms with E-state index in [0.29, 0.717) is 0 Å². The smallest absolute Gasteiger partial charge is 0.136 e. The van der Waals surface area contributed by atoms with E-state index < -0.39 is 0 Å². The molecule has 0 radical (unpaired) electrons. The molecule has 6 heteroatoms. The molecular weight excluding hydrogens is 237 g/mol. The molecule has 0 saturated carbocycles. The molecule has 0 spiro atoms. The zero-order valence-electron chi connectivity index (χ0n) is 8.30. The normalized spacial score (nSPS) is 8.60. The summed E-state index contributed by atoms with van der Waals surface area (Å²) < 4.78 is 2.08. The van der Waals surface area contributed by atoms with Gasteiger partial charge in [0.15, 0.2) is 0 Å². The second-order valence-corrected chi connectivity index (χ2v) is 2.71. The van der Waals surface area contributed by atoms with E-state index in [-0.39, 0.29) is 30.3 Å². The van der Waals surface area contributed by atoms with Crippen LogP contribution < -0.4 is 5.32 Å². The molecule has 0 bridgehead atoms. The van der Waals surface area contributed by atoms with Gasteiger partial charge in [-0.25, -0.2) is 4.98 Å². The number of hydrogen-bond donors (Lipinski definition) is 1. The molecule has 0 aromatic carbocycles. The molecule has 2 rings (SSSR count). The first-order valence-corrected chi connectivity index (χ1v) is 3.97. The van der Waals surface area contributed by atoms with E-state index in [9.17, 15) is 0 Å². The van der Waals surface area contributed by atoms with Crippen molar-refractivity contribution in [3.63, 3.8) is 0 Å². The highest BCUT2D eigenvalue weighted by molar-refractivity contribution is 5.85. The number of fused-ring (bicyclic) bond motifs is 1. The first kappa shape index (κ1) is 16.6. The van der Waals surface area contributed by atoms with Gasteiger partial charge in [0, 0.05) is 12.7 Å². The predicted octanol–water partition coefficient (Wildman–Crippen LogP) is 1.07. The van der Waals surface area contributed by atoms with Gasteiger partial charge in [0.2, 0.25) is 0 Å². The van der Waals surface area contributed by atoms with Gasteiger partial charge in [-0.05, 0) is 19.2 Å². The molecule has 0 aliphatic rings. The van der Waals surface area contributed by atoms with Gasteiger partial charge in [0.05, 0.1) is 11.9 Å². The molecule has 2 aromatic heterocycles. The summed E-state index contributed by atoms with van der Waals surface area (Å²) in [6, 6.07) is 6.00. The maximum Gasteiger partial charge on any atom is 0.136 e. The number of imidazole rings is 1. The molecule has 0 aliphatic carbocycles. The summed E-state index contributed by atoms with van der Waals surface area (Å²) in [6.07, 6.45) is 3.92. The Morgan fingerprint density at radius 2 is 2.07 bits per heavy atom. The lowest BCUT2D eigenvalue weighted by atomic mass is 10.4. The van der Waals surface area contributed by atoms with Gasteiger partial charge in [-0.15, -0.1) is 24.8 Å². The molecule has 0 saturated heterocycles. The van der Waals surface area contributed by atoms with Gasteiger partial charge in [-0.2, -0.15) is 0 Å². The third kappa shape index (κ3) is 3.35. The predicted molar refractivity (Wildman–Crippen MR) is 66.1 cm³/mol. The minimum Gasteiger partial charge on any atom is -0.412 e. The lowest BCUT2D eigenvalue weighted by Crippen LogP contribution is -2.07. The summed E-state index contributed by atoms with van der Waals surface area (Å²) in [6.45, 7) is 0.852. The Bertz CT molecular complexity index is 391. The van der Waals surface area contributed by atoms with Crippen molar-refractivity contribution in [2.75, 3.05) is 7.05 Å². The van der Waals surface area contributed by atoms with Crippen LogP contribution in [-0.4, -0.2) is 21.9 Å². The Morgan fingerprint density at radius 3 is 2.73 bits per heavy atom. The molecule has 0 fully saturated rings. The Balaban J connectivity index is 0. The average Bonchev–Trinajstić information content (AvgIpc) is 2.50. The van der Waals surface area contributed by atoms with Crippen LogP contribution in [0, 0.1) is 0 Å². The van der Waals surface area contributed by atoms with Crippen molar-refractivity contribution < 1.29 is 5.48 Å². The molecule has 0 amide bonds. The number of aromatic nitrogens is 2. The fourth-order valence-electron chi connectivity index (χ4n) is 1.30. The average molecular weight is 252 g/mol. The van der Waals surface area contributed by atoms with Crippen LogP contribution in [0.5, 0.6) is 0 Å². The number of nitrogens with one attached hydrogen (secondary N) is 1. The minimum atomic E-state index is 0. The van der Waals surface area contributed by atoms with Crippen molar-refractivity contribution in [3.8, 4) is 0 Å². The Morgan fingerprint density at radius 1 is 1.33 bits per heavy atom. The van der Waals surface area contributed by atoms with E-state index in [1.165, 1.54) is 5.69 Å². The maximum absolute atomic E-state index is 4.26. The fourth-order valence-corrected chi connectivity index (χ4v) is 1.30. The highest BCUT2D eigenvalue weighted by Crippen LogP contribution is 2.04. The number of rotatable bonds is 2. The highest BCUT2D eigenvalue weighted by Gasteiger charge is 1.98. The van der Waals surface area contributed by atoms with Crippen LogP contribution >= 0.6 is 24.8 Å². The summed E-state index contributed by atoms with van der Waals surface area (Å²) in [5.41, 5.74) is 2.19. The molecule has 0 aliphatic heterocycles. The van der Waals surface area contributed by atoms with E-state index in [1.54, 1.807) is 0 Å². The van der Waals surface area contributed by atoms with Gasteiger partial charge < -0.3 is 15.2 Å². The highest BCUT2D eigenvalue weighted by atomic mass is 35.5. The molecule has 0 atom stereocenters. The van der Waals surface area contributed by atoms with Gasteiger partial charge in [0.1, 0.15) is 5.65 Å². The maximum atomic E-state index is 4.26. The molecule has 4 nitrogen and oxygen atoms in total. The van der Waals surface area contributed by atoms with Crippen LogP contribution in [0.1, 0.15) is 5.69 Å². The summed E-state index contributed by atoms with van der Waals surface area (Å²) in [5.74, 6) is 0. The topological polar surface area (TPSA) is 60.8 Å². The zero-order valence-corrected chi connectivity index (χ0v) is 9.94. The third-order valence-electron chi connectivity index (χ3n) is 1.85. The van der Waals surface area contributed by atoms with E-state index in [2.05, 4.69) is 14.7 Å². The lowest BCUT2D eigenvalue weighted by Gasteiger charge is -1.98. The lowest BCUT2D eigenvalue weighted by molar-refractivity contribution is 0.782. The van der Waals surface area contributed by atoms with Gasteiger partial charge in [-0.1, -0.05) is 6.07 Å². The van der Waals surface area contributed by atoms with Gasteiger partial charge in [0.25, 0.3) is 0 Å². The molecule has 15 heavy (non-hydrogen) atoms. The summed E-state index contributed by atoms with van der Waals surface area (Å²) in [4.78, 5) is 4.26. The Hall–Kier alpha value is -0.810. The van der Waals surface area contributed by atoms with Gasteiger partial charge in [-0.3, -0.25) is 0 Å². The van der Waals surface area contributed by atoms with Crippen molar-refractivity contribution >= 4 is 30.5 Å². The van der Waals surface area contributed by atoms with Crippen molar-refractivity contribution in [1.29, 1.82) is 0 Å². The minimum absolute atomic E-state index is 0. The largest absolute Gasteiger partial charge is 0.412 e. The van der Waals surface area contributed by atoms with E-state index in [0.717, 1.165) is 12.2 Å². The molecular formula is C9H15Cl2N3O. The molecule has 86 valence electrons. The number of pyridine rings is 1. The molecule has 2 heterocycles. The van der Waals surface area contributed by atoms with Crippen molar-refractivity contribution in [1.82, 2.24) is 14.7 Å². The van der Waals surface area contributed by atoms with Crippen molar-refractivity contribution in [2.45, 2.75) is 6.54 Å². The van der Waals surface area contributed by atoms with Gasteiger partial charge >= 0.3 is 0 Å². The van der Waals surface area contributed by atoms with Crippen molar-refractivity contribution in [3.05, 3.63) is 36.3 Å². The zero-order chi connectivity index (χ0) is 8.39. The molecule has 0 unspecified atom stereocenters. The third-order valence-corrected chi connectivity index (χ3v) is 1.85. The van der Waals surface area contributed by atoms with E-state index in [4.69, 9.17) is 0 Å². The first-order chi connectivity index (χ1) is 5.92. The van der Waals surface area contributed by atoms with Crippen LogP contribution in [0.4, 0.5) is 0 Å². The second-order valence-electron chi connectivity index (χ2n) is 2.71. The van der Waals surface area contributed by atoms with E-state index in [1.807, 2.05) is 37.6 Å². The monoisotopic (exact) mass is 251 g/mol. The standard InChI is InChI=1S/C9H11N3.2ClH.H2O/c1-10-6-8-7-11-9-4-2-3-5-12(8)9;;;/h2-5,7,10H,6H2,1H3;2*1H;1H2. The first-order valence-electron chi connectivity index (χ1n) is 3.97. The Labute approximate surface area is 101 Å². The summed E-state index contributed by atoms with van der Waals surface area (Å²) in [5, 5.41) is 3.10. The summed E-state index contributed by atoms with van der Waals surface area (Å²) >= 11 is 0. The van der Waals surface area contributed by atoms with Crippen LogP contribution in [0.2, 0.25) is 0 Å². The van der Waals surface area contributed by atoms with Crippen LogP contribution in [0.25, 0.3) is 5.65 Å².